The normalized spacial score (nSPS) is 13.2. The molecule has 196 valence electrons. The van der Waals surface area contributed by atoms with Crippen LogP contribution in [-0.2, 0) is 21.3 Å². The molecule has 0 aromatic heterocycles. The quantitative estimate of drug-likeness (QED) is 0.308. The molecule has 2 aliphatic rings. The first kappa shape index (κ1) is 29.7. The van der Waals surface area contributed by atoms with E-state index in [1.54, 1.807) is 23.2 Å². The van der Waals surface area contributed by atoms with Crippen LogP contribution in [-0.4, -0.2) is 3.21 Å². The molecule has 0 N–H and O–H groups in total. The number of rotatable bonds is 6. The number of hydrogen-bond donors (Lipinski definition) is 0. The fraction of sp³-hybridized carbons (Fsp3) is 0.194. The van der Waals surface area contributed by atoms with Crippen LogP contribution in [0, 0.1) is 13.8 Å². The predicted octanol–water partition coefficient (Wildman–Crippen LogP) is 3.28. The maximum absolute atomic E-state index is 2.62. The van der Waals surface area contributed by atoms with Crippen LogP contribution in [0.3, 0.4) is 0 Å². The Kier molecular flexibility index (Phi) is 9.82. The van der Waals surface area contributed by atoms with Crippen LogP contribution in [0.5, 0.6) is 0 Å². The third-order valence-corrected chi connectivity index (χ3v) is 16.5. The monoisotopic (exact) mass is 626 g/mol. The molecule has 0 nitrogen and oxygen atoms in total. The van der Waals surface area contributed by atoms with E-state index in [1.807, 2.05) is 0 Å². The van der Waals surface area contributed by atoms with Gasteiger partial charge in [0.25, 0.3) is 0 Å². The maximum Gasteiger partial charge on any atom is -1.00 e. The van der Waals surface area contributed by atoms with Crippen molar-refractivity contribution in [2.45, 2.75) is 43.7 Å². The first-order chi connectivity index (χ1) is 18.2. The molecule has 0 atom stereocenters. The molecule has 0 spiro atoms. The minimum atomic E-state index is -2.62. The molecule has 0 amide bonds. The van der Waals surface area contributed by atoms with Crippen molar-refractivity contribution in [1.82, 2.24) is 0 Å². The summed E-state index contributed by atoms with van der Waals surface area (Å²) in [5.41, 5.74) is 13.2. The van der Waals surface area contributed by atoms with Crippen molar-refractivity contribution >= 4 is 3.21 Å². The van der Waals surface area contributed by atoms with Gasteiger partial charge >= 0.3 is 231 Å². The van der Waals surface area contributed by atoms with Crippen LogP contribution >= 0.6 is 0 Å². The molecule has 0 bridgehead atoms. The van der Waals surface area contributed by atoms with Gasteiger partial charge in [0.05, 0.1) is 0 Å². The van der Waals surface area contributed by atoms with Crippen molar-refractivity contribution in [2.24, 2.45) is 0 Å². The van der Waals surface area contributed by atoms with Crippen molar-refractivity contribution in [2.75, 3.05) is 0 Å². The Labute approximate surface area is 253 Å². The van der Waals surface area contributed by atoms with Crippen molar-refractivity contribution in [1.29, 1.82) is 0 Å². The Morgan fingerprint density at radius 2 is 1.23 bits per heavy atom. The number of halogens is 2. The first-order valence-corrected chi connectivity index (χ1v) is 17.5. The van der Waals surface area contributed by atoms with E-state index in [0.717, 1.165) is 6.42 Å². The maximum atomic E-state index is 2.51. The SMILES string of the molecule is CCCC1=[C]([Zr+2](=[C](c2ccccc2)c2ccccc2)[CH]2c3cc(C)ccc3-c3ccc(C)cc32)CC=C1.[Cl-].[Cl-]. The molecule has 0 radical (unpaired) electrons. The fourth-order valence-corrected chi connectivity index (χ4v) is 15.9. The van der Waals surface area contributed by atoms with Crippen LogP contribution in [0.1, 0.15) is 63.2 Å². The van der Waals surface area contributed by atoms with Gasteiger partial charge in [-0.05, 0) is 0 Å². The van der Waals surface area contributed by atoms with Gasteiger partial charge in [0.15, 0.2) is 0 Å². The minimum absolute atomic E-state index is 0. The summed E-state index contributed by atoms with van der Waals surface area (Å²) in [7, 11) is 0. The minimum Gasteiger partial charge on any atom is -1.00 e. The molecule has 0 heterocycles. The van der Waals surface area contributed by atoms with Crippen LogP contribution in [0.4, 0.5) is 0 Å². The van der Waals surface area contributed by atoms with Gasteiger partial charge in [-0.3, -0.25) is 0 Å². The average Bonchev–Trinajstić information content (AvgIpc) is 3.50. The van der Waals surface area contributed by atoms with E-state index in [9.17, 15) is 0 Å². The summed E-state index contributed by atoms with van der Waals surface area (Å²) in [6, 6.07) is 37.0. The topological polar surface area (TPSA) is 0 Å². The summed E-state index contributed by atoms with van der Waals surface area (Å²) in [6.07, 6.45) is 8.39. The molecule has 0 fully saturated rings. The molecule has 0 unspecified atom stereocenters. The fourth-order valence-electron chi connectivity index (χ4n) is 6.31. The average molecular weight is 629 g/mol. The number of fused-ring (bicyclic) bond motifs is 3. The van der Waals surface area contributed by atoms with Crippen molar-refractivity contribution in [3.8, 4) is 11.1 Å². The number of hydrogen-bond acceptors (Lipinski definition) is 0. The third kappa shape index (κ3) is 5.65. The second kappa shape index (κ2) is 12.9. The molecule has 6 rings (SSSR count). The molecule has 4 aromatic rings. The molecule has 39 heavy (non-hydrogen) atoms. The predicted molar refractivity (Wildman–Crippen MR) is 155 cm³/mol. The van der Waals surface area contributed by atoms with Crippen molar-refractivity contribution in [3.63, 3.8) is 0 Å². The summed E-state index contributed by atoms with van der Waals surface area (Å²) in [6.45, 7) is 6.84. The van der Waals surface area contributed by atoms with Gasteiger partial charge in [-0.2, -0.15) is 0 Å². The Morgan fingerprint density at radius 3 is 1.72 bits per heavy atom. The number of aryl methyl sites for hydroxylation is 2. The number of benzene rings is 4. The standard InChI is InChI=1S/C15H13.C13H10.C8H11.2ClH.Zr/c1-10-3-5-14-12(7-10)9-13-8-11(2)4-6-15(13)14;1-3-7-12(8-4-1)11-13-9-5-2-6-10-13;1-2-5-8-6-3-4-7-8;;;/h3-9H,1-2H3;1-10H;3,6H,2,4-5H2,1H3;2*1H;/q;;;;;+2/p-2. The third-order valence-electron chi connectivity index (χ3n) is 7.88. The van der Waals surface area contributed by atoms with Crippen LogP contribution in [0.2, 0.25) is 0 Å². The van der Waals surface area contributed by atoms with E-state index >= 15 is 0 Å². The van der Waals surface area contributed by atoms with E-state index in [0.29, 0.717) is 3.63 Å². The van der Waals surface area contributed by atoms with E-state index in [-0.39, 0.29) is 24.8 Å². The molecule has 4 aromatic carbocycles. The van der Waals surface area contributed by atoms with E-state index in [2.05, 4.69) is 130 Å². The molecular formula is C36H34Cl2Zr. The summed E-state index contributed by atoms with van der Waals surface area (Å²) < 4.78 is 3.91. The second-order valence-electron chi connectivity index (χ2n) is 10.5. The molecule has 2 aliphatic carbocycles. The summed E-state index contributed by atoms with van der Waals surface area (Å²) in [4.78, 5) is 0. The Balaban J connectivity index is 0.00000176. The number of allylic oxidation sites excluding steroid dienone is 4. The van der Waals surface area contributed by atoms with E-state index in [4.69, 9.17) is 0 Å². The van der Waals surface area contributed by atoms with Gasteiger partial charge in [0.1, 0.15) is 0 Å². The summed E-state index contributed by atoms with van der Waals surface area (Å²) in [5.74, 6) is 0. The van der Waals surface area contributed by atoms with Gasteiger partial charge in [-0.15, -0.1) is 0 Å². The van der Waals surface area contributed by atoms with Crippen LogP contribution < -0.4 is 24.8 Å². The Hall–Kier alpha value is -2.31. The molecule has 0 saturated heterocycles. The molecule has 0 saturated carbocycles. The summed E-state index contributed by atoms with van der Waals surface area (Å²) >= 11 is -2.62. The molecule has 3 heteroatoms. The van der Waals surface area contributed by atoms with E-state index in [1.165, 1.54) is 46.2 Å². The van der Waals surface area contributed by atoms with Gasteiger partial charge < -0.3 is 24.8 Å². The Bertz CT molecular complexity index is 1470. The zero-order valence-electron chi connectivity index (χ0n) is 22.8. The van der Waals surface area contributed by atoms with Gasteiger partial charge in [-0.25, -0.2) is 0 Å². The molecule has 0 aliphatic heterocycles. The van der Waals surface area contributed by atoms with Gasteiger partial charge in [0.2, 0.25) is 0 Å². The largest absolute Gasteiger partial charge is 1.00 e. The van der Waals surface area contributed by atoms with Crippen LogP contribution in [0.15, 0.2) is 118 Å². The van der Waals surface area contributed by atoms with Crippen molar-refractivity contribution in [3.05, 3.63) is 151 Å². The summed E-state index contributed by atoms with van der Waals surface area (Å²) in [5, 5.41) is 0. The Morgan fingerprint density at radius 1 is 0.718 bits per heavy atom. The zero-order chi connectivity index (χ0) is 25.4. The van der Waals surface area contributed by atoms with Crippen LogP contribution in [0.25, 0.3) is 11.1 Å². The van der Waals surface area contributed by atoms with Gasteiger partial charge in [-0.1, -0.05) is 0 Å². The second-order valence-corrected chi connectivity index (χ2v) is 16.7. The smallest absolute Gasteiger partial charge is 1.00 e. The van der Waals surface area contributed by atoms with E-state index < -0.39 is 21.3 Å². The van der Waals surface area contributed by atoms with Crippen molar-refractivity contribution < 1.29 is 46.1 Å². The first-order valence-electron chi connectivity index (χ1n) is 13.6. The molecular weight excluding hydrogens is 595 g/mol. The zero-order valence-corrected chi connectivity index (χ0v) is 26.8. The van der Waals surface area contributed by atoms with Gasteiger partial charge in [0, 0.05) is 0 Å².